The summed E-state index contributed by atoms with van der Waals surface area (Å²) in [6.45, 7) is 3.40. The monoisotopic (exact) mass is 290 g/mol. The maximum absolute atomic E-state index is 11.9. The minimum Gasteiger partial charge on any atom is -0.480 e. The zero-order valence-corrected chi connectivity index (χ0v) is 11.8. The van der Waals surface area contributed by atoms with E-state index in [1.165, 1.54) is 4.90 Å². The second kappa shape index (κ2) is 10.0. The Morgan fingerprint density at radius 1 is 1.30 bits per heavy atom. The molecule has 0 aliphatic carbocycles. The number of carboxylic acids is 1. The number of aliphatic hydroxyl groups excluding tert-OH is 1. The number of rotatable bonds is 9. The molecule has 0 rings (SSSR count). The molecule has 1 unspecified atom stereocenters. The van der Waals surface area contributed by atoms with Gasteiger partial charge in [0.2, 0.25) is 0 Å². The summed E-state index contributed by atoms with van der Waals surface area (Å²) in [7, 11) is 0. The van der Waals surface area contributed by atoms with E-state index in [-0.39, 0.29) is 26.2 Å². The predicted molar refractivity (Wildman–Crippen MR) is 70.2 cm³/mol. The van der Waals surface area contributed by atoms with E-state index in [1.807, 2.05) is 6.92 Å². The van der Waals surface area contributed by atoms with Gasteiger partial charge in [-0.2, -0.15) is 0 Å². The number of aliphatic hydroxyl groups is 1. The Hall–Kier alpha value is -1.83. The molecule has 0 aromatic heterocycles. The topological polar surface area (TPSA) is 116 Å². The van der Waals surface area contributed by atoms with Crippen LogP contribution < -0.4 is 5.32 Å². The number of aliphatic carboxylic acids is 1. The van der Waals surface area contributed by atoms with Crippen molar-refractivity contribution in [1.29, 1.82) is 0 Å². The number of hydrogen-bond acceptors (Lipinski definition) is 5. The highest BCUT2D eigenvalue weighted by molar-refractivity contribution is 5.85. The van der Waals surface area contributed by atoms with Crippen LogP contribution in [0.25, 0.3) is 0 Å². The van der Waals surface area contributed by atoms with E-state index >= 15 is 0 Å². The molecule has 0 bridgehead atoms. The maximum Gasteiger partial charge on any atom is 0.326 e. The van der Waals surface area contributed by atoms with Gasteiger partial charge in [-0.25, -0.2) is 9.59 Å². The van der Waals surface area contributed by atoms with E-state index in [0.29, 0.717) is 13.0 Å². The van der Waals surface area contributed by atoms with Crippen molar-refractivity contribution in [2.75, 3.05) is 26.3 Å². The van der Waals surface area contributed by atoms with Crippen LogP contribution in [0.2, 0.25) is 0 Å². The first-order valence-corrected chi connectivity index (χ1v) is 6.50. The molecule has 8 nitrogen and oxygen atoms in total. The van der Waals surface area contributed by atoms with Crippen LogP contribution in [0, 0.1) is 0 Å². The molecule has 116 valence electrons. The van der Waals surface area contributed by atoms with Crippen molar-refractivity contribution in [2.24, 2.45) is 0 Å². The number of carboxylic acid groups (broad SMARTS) is 1. The number of carbonyl (C=O) groups is 3. The van der Waals surface area contributed by atoms with E-state index in [4.69, 9.17) is 14.9 Å². The number of ether oxygens (including phenoxy) is 1. The number of nitrogens with one attached hydrogen (secondary N) is 1. The lowest BCUT2D eigenvalue weighted by Crippen LogP contribution is -2.50. The molecule has 0 radical (unpaired) electrons. The molecule has 2 amide bonds. The SMILES string of the molecule is CCCN(CC(=O)OCC)C(=O)NC(CCO)C(=O)O. The summed E-state index contributed by atoms with van der Waals surface area (Å²) < 4.78 is 4.75. The third kappa shape index (κ3) is 6.93. The Morgan fingerprint density at radius 3 is 2.40 bits per heavy atom. The van der Waals surface area contributed by atoms with Gasteiger partial charge in [0, 0.05) is 19.6 Å². The van der Waals surface area contributed by atoms with Crippen LogP contribution in [0.4, 0.5) is 4.79 Å². The van der Waals surface area contributed by atoms with Gasteiger partial charge in [0.25, 0.3) is 0 Å². The highest BCUT2D eigenvalue weighted by Gasteiger charge is 2.23. The molecule has 0 saturated carbocycles. The maximum atomic E-state index is 11.9. The first-order valence-electron chi connectivity index (χ1n) is 6.50. The van der Waals surface area contributed by atoms with Gasteiger partial charge in [0.15, 0.2) is 0 Å². The summed E-state index contributed by atoms with van der Waals surface area (Å²) in [5, 5.41) is 19.9. The average Bonchev–Trinajstić information content (AvgIpc) is 2.37. The van der Waals surface area contributed by atoms with E-state index in [2.05, 4.69) is 5.32 Å². The lowest BCUT2D eigenvalue weighted by Gasteiger charge is -2.23. The third-order valence-corrected chi connectivity index (χ3v) is 2.42. The Balaban J connectivity index is 4.61. The van der Waals surface area contributed by atoms with Crippen molar-refractivity contribution in [2.45, 2.75) is 32.7 Å². The summed E-state index contributed by atoms with van der Waals surface area (Å²) >= 11 is 0. The number of hydrogen-bond donors (Lipinski definition) is 3. The van der Waals surface area contributed by atoms with Crippen LogP contribution in [0.1, 0.15) is 26.7 Å². The van der Waals surface area contributed by atoms with Crippen LogP contribution in [-0.4, -0.2) is 65.4 Å². The normalized spacial score (nSPS) is 11.6. The third-order valence-electron chi connectivity index (χ3n) is 2.42. The molecule has 0 heterocycles. The molecule has 0 aromatic carbocycles. The summed E-state index contributed by atoms with van der Waals surface area (Å²) in [4.78, 5) is 35.4. The lowest BCUT2D eigenvalue weighted by atomic mass is 10.2. The molecule has 0 fully saturated rings. The quantitative estimate of drug-likeness (QED) is 0.507. The average molecular weight is 290 g/mol. The minimum atomic E-state index is -1.24. The van der Waals surface area contributed by atoms with Crippen molar-refractivity contribution in [3.05, 3.63) is 0 Å². The Bertz CT molecular complexity index is 334. The van der Waals surface area contributed by atoms with Crippen molar-refractivity contribution in [3.8, 4) is 0 Å². The van der Waals surface area contributed by atoms with Crippen molar-refractivity contribution in [3.63, 3.8) is 0 Å². The van der Waals surface area contributed by atoms with Gasteiger partial charge in [-0.05, 0) is 13.3 Å². The second-order valence-corrected chi connectivity index (χ2v) is 4.08. The van der Waals surface area contributed by atoms with Crippen LogP contribution >= 0.6 is 0 Å². The van der Waals surface area contributed by atoms with Crippen LogP contribution in [0.15, 0.2) is 0 Å². The Morgan fingerprint density at radius 2 is 1.95 bits per heavy atom. The van der Waals surface area contributed by atoms with Crippen molar-refractivity contribution >= 4 is 18.0 Å². The number of carbonyl (C=O) groups excluding carboxylic acids is 2. The van der Waals surface area contributed by atoms with Gasteiger partial charge in [0.1, 0.15) is 12.6 Å². The largest absolute Gasteiger partial charge is 0.480 e. The van der Waals surface area contributed by atoms with Crippen LogP contribution in [-0.2, 0) is 14.3 Å². The first-order chi connectivity index (χ1) is 9.46. The van der Waals surface area contributed by atoms with Gasteiger partial charge >= 0.3 is 18.0 Å². The summed E-state index contributed by atoms with van der Waals surface area (Å²) in [5.74, 6) is -1.79. The summed E-state index contributed by atoms with van der Waals surface area (Å²) in [6, 6.07) is -1.85. The van der Waals surface area contributed by atoms with E-state index in [9.17, 15) is 14.4 Å². The van der Waals surface area contributed by atoms with Crippen LogP contribution in [0.3, 0.4) is 0 Å². The van der Waals surface area contributed by atoms with Crippen molar-refractivity contribution < 1.29 is 29.3 Å². The Kier molecular flexibility index (Phi) is 9.10. The van der Waals surface area contributed by atoms with Gasteiger partial charge in [0.05, 0.1) is 6.61 Å². The second-order valence-electron chi connectivity index (χ2n) is 4.08. The zero-order valence-electron chi connectivity index (χ0n) is 11.8. The van der Waals surface area contributed by atoms with Gasteiger partial charge in [-0.3, -0.25) is 4.79 Å². The molecule has 1 atom stereocenters. The fourth-order valence-electron chi connectivity index (χ4n) is 1.51. The molecule has 0 aliphatic rings. The molecule has 0 spiro atoms. The fraction of sp³-hybridized carbons (Fsp3) is 0.750. The molecule has 20 heavy (non-hydrogen) atoms. The van der Waals surface area contributed by atoms with E-state index < -0.39 is 24.0 Å². The van der Waals surface area contributed by atoms with Crippen molar-refractivity contribution in [1.82, 2.24) is 10.2 Å². The number of esters is 1. The lowest BCUT2D eigenvalue weighted by molar-refractivity contribution is -0.143. The minimum absolute atomic E-state index is 0.0968. The van der Waals surface area contributed by atoms with E-state index in [1.54, 1.807) is 6.92 Å². The molecule has 0 saturated heterocycles. The molecular formula is C12H22N2O6. The summed E-state index contributed by atoms with van der Waals surface area (Å²) in [5.41, 5.74) is 0. The Labute approximate surface area is 117 Å². The predicted octanol–water partition coefficient (Wildman–Crippen LogP) is -0.193. The number of amides is 2. The van der Waals surface area contributed by atoms with E-state index in [0.717, 1.165) is 0 Å². The highest BCUT2D eigenvalue weighted by Crippen LogP contribution is 1.98. The highest BCUT2D eigenvalue weighted by atomic mass is 16.5. The molecular weight excluding hydrogens is 268 g/mol. The molecule has 8 heteroatoms. The van der Waals surface area contributed by atoms with Crippen LogP contribution in [0.5, 0.6) is 0 Å². The smallest absolute Gasteiger partial charge is 0.326 e. The molecule has 3 N–H and O–H groups in total. The summed E-state index contributed by atoms with van der Waals surface area (Å²) in [6.07, 6.45) is 0.519. The zero-order chi connectivity index (χ0) is 15.5. The molecule has 0 aromatic rings. The molecule has 0 aliphatic heterocycles. The van der Waals surface area contributed by atoms with Gasteiger partial charge in [-0.15, -0.1) is 0 Å². The number of nitrogens with zero attached hydrogens (tertiary/aromatic N) is 1. The number of urea groups is 1. The standard InChI is InChI=1S/C12H22N2O6/c1-3-6-14(8-10(16)20-4-2)12(19)13-9(5-7-15)11(17)18/h9,15H,3-8H2,1-2H3,(H,13,19)(H,17,18). The van der Waals surface area contributed by atoms with Gasteiger partial charge < -0.3 is 25.2 Å². The first kappa shape index (κ1) is 18.2. The van der Waals surface area contributed by atoms with Gasteiger partial charge in [-0.1, -0.05) is 6.92 Å². The fourth-order valence-corrected chi connectivity index (χ4v) is 1.51.